The summed E-state index contributed by atoms with van der Waals surface area (Å²) < 4.78 is 18.4. The summed E-state index contributed by atoms with van der Waals surface area (Å²) in [5.41, 5.74) is 2.25. The Hall–Kier alpha value is -2.86. The van der Waals surface area contributed by atoms with E-state index in [1.807, 2.05) is 34.9 Å². The minimum Gasteiger partial charge on any atom is -0.493 e. The average Bonchev–Trinajstić information content (AvgIpc) is 3.10. The molecular weight excluding hydrogens is 368 g/mol. The first-order chi connectivity index (χ1) is 13.1. The normalized spacial score (nSPS) is 12.6. The summed E-state index contributed by atoms with van der Waals surface area (Å²) in [7, 11) is 3.16. The minimum absolute atomic E-state index is 0.181. The third kappa shape index (κ3) is 2.96. The number of hydrogen-bond donors (Lipinski definition) is 1. The maximum absolute atomic E-state index is 12.9. The molecule has 27 heavy (non-hydrogen) atoms. The zero-order valence-electron chi connectivity index (χ0n) is 15.0. The topological polar surface area (TPSA) is 61.7 Å². The van der Waals surface area contributed by atoms with E-state index in [4.69, 9.17) is 25.8 Å². The van der Waals surface area contributed by atoms with E-state index in [2.05, 4.69) is 5.32 Å². The number of halogens is 1. The van der Waals surface area contributed by atoms with E-state index in [0.29, 0.717) is 41.9 Å². The van der Waals surface area contributed by atoms with Gasteiger partial charge in [-0.05, 0) is 24.3 Å². The predicted octanol–water partition coefficient (Wildman–Crippen LogP) is 3.63. The summed E-state index contributed by atoms with van der Waals surface area (Å²) in [6, 6.07) is 11.0. The fraction of sp³-hybridized carbons (Fsp3) is 0.250. The van der Waals surface area contributed by atoms with Crippen molar-refractivity contribution >= 4 is 28.4 Å². The third-order valence-electron chi connectivity index (χ3n) is 4.70. The van der Waals surface area contributed by atoms with Gasteiger partial charge in [0.25, 0.3) is 5.91 Å². The first-order valence-corrected chi connectivity index (χ1v) is 8.94. The molecule has 0 unspecified atom stereocenters. The van der Waals surface area contributed by atoms with Crippen LogP contribution in [-0.2, 0) is 13.1 Å². The van der Waals surface area contributed by atoms with Gasteiger partial charge in [-0.2, -0.15) is 0 Å². The summed E-state index contributed by atoms with van der Waals surface area (Å²) in [5.74, 6) is 1.80. The molecule has 2 aromatic carbocycles. The predicted molar refractivity (Wildman–Crippen MR) is 103 cm³/mol. The van der Waals surface area contributed by atoms with Gasteiger partial charge in [0.2, 0.25) is 0 Å². The van der Waals surface area contributed by atoms with Crippen molar-refractivity contribution in [3.05, 3.63) is 52.7 Å². The number of benzene rings is 2. The molecule has 4 rings (SSSR count). The minimum atomic E-state index is -0.181. The van der Waals surface area contributed by atoms with Crippen LogP contribution < -0.4 is 19.5 Å². The fourth-order valence-corrected chi connectivity index (χ4v) is 3.66. The number of para-hydroxylation sites is 1. The van der Waals surface area contributed by atoms with Crippen LogP contribution in [0.1, 0.15) is 16.1 Å². The standard InChI is InChI=1S/C20H19ClN2O4/c1-25-17-5-3-4-12(19(17)26-2)11-22-20(24)15-10-13-14(21)6-7-16-18(13)23(15)8-9-27-16/h3-7,10H,8-9,11H2,1-2H3,(H,22,24). The average molecular weight is 387 g/mol. The van der Waals surface area contributed by atoms with Crippen LogP contribution in [0, 0.1) is 0 Å². The van der Waals surface area contributed by atoms with Gasteiger partial charge in [0.1, 0.15) is 18.1 Å². The maximum atomic E-state index is 12.9. The van der Waals surface area contributed by atoms with E-state index >= 15 is 0 Å². The molecule has 0 atom stereocenters. The summed E-state index contributed by atoms with van der Waals surface area (Å²) in [5, 5.41) is 4.38. The van der Waals surface area contributed by atoms with Crippen molar-refractivity contribution in [1.82, 2.24) is 9.88 Å². The summed E-state index contributed by atoms with van der Waals surface area (Å²) in [6.45, 7) is 1.43. The van der Waals surface area contributed by atoms with Crippen molar-refractivity contribution in [1.29, 1.82) is 0 Å². The maximum Gasteiger partial charge on any atom is 0.268 e. The Morgan fingerprint density at radius 3 is 2.89 bits per heavy atom. The highest BCUT2D eigenvalue weighted by Gasteiger charge is 2.23. The molecule has 1 aromatic heterocycles. The van der Waals surface area contributed by atoms with Crippen LogP contribution in [0.3, 0.4) is 0 Å². The van der Waals surface area contributed by atoms with Gasteiger partial charge < -0.3 is 24.1 Å². The number of rotatable bonds is 5. The van der Waals surface area contributed by atoms with Crippen molar-refractivity contribution in [2.24, 2.45) is 0 Å². The van der Waals surface area contributed by atoms with Crippen molar-refractivity contribution in [3.8, 4) is 17.2 Å². The summed E-state index contributed by atoms with van der Waals surface area (Å²) >= 11 is 6.31. The SMILES string of the molecule is COc1cccc(CNC(=O)c2cc3c(Cl)ccc4c3n2CCO4)c1OC. The number of amides is 1. The molecule has 0 bridgehead atoms. The third-order valence-corrected chi connectivity index (χ3v) is 5.03. The Bertz CT molecular complexity index is 1030. The molecule has 1 N–H and O–H groups in total. The molecule has 0 spiro atoms. The highest BCUT2D eigenvalue weighted by Crippen LogP contribution is 2.36. The molecule has 1 amide bonds. The molecule has 0 saturated heterocycles. The first-order valence-electron chi connectivity index (χ1n) is 8.56. The number of aromatic nitrogens is 1. The van der Waals surface area contributed by atoms with Crippen LogP contribution in [-0.4, -0.2) is 31.3 Å². The molecule has 6 nitrogen and oxygen atoms in total. The molecule has 0 fully saturated rings. The molecule has 140 valence electrons. The van der Waals surface area contributed by atoms with Crippen LogP contribution in [0.4, 0.5) is 0 Å². The second kappa shape index (κ2) is 7.04. The van der Waals surface area contributed by atoms with Gasteiger partial charge in [-0.15, -0.1) is 0 Å². The number of ether oxygens (including phenoxy) is 3. The lowest BCUT2D eigenvalue weighted by atomic mass is 10.2. The number of nitrogens with zero attached hydrogens (tertiary/aromatic N) is 1. The lowest BCUT2D eigenvalue weighted by molar-refractivity contribution is 0.0940. The van der Waals surface area contributed by atoms with Gasteiger partial charge in [0, 0.05) is 17.5 Å². The second-order valence-corrected chi connectivity index (χ2v) is 6.58. The van der Waals surface area contributed by atoms with Crippen LogP contribution in [0.25, 0.3) is 10.9 Å². The molecule has 0 saturated carbocycles. The number of methoxy groups -OCH3 is 2. The zero-order chi connectivity index (χ0) is 19.0. The monoisotopic (exact) mass is 386 g/mol. The van der Waals surface area contributed by atoms with Crippen LogP contribution >= 0.6 is 11.6 Å². The molecule has 0 aliphatic carbocycles. The van der Waals surface area contributed by atoms with Gasteiger partial charge in [-0.25, -0.2) is 0 Å². The molecule has 7 heteroatoms. The van der Waals surface area contributed by atoms with E-state index < -0.39 is 0 Å². The Kier molecular flexibility index (Phi) is 4.58. The number of carbonyl (C=O) groups excluding carboxylic acids is 1. The Labute approximate surface area is 161 Å². The lowest BCUT2D eigenvalue weighted by Crippen LogP contribution is -2.27. The van der Waals surface area contributed by atoms with Gasteiger partial charge in [-0.3, -0.25) is 4.79 Å². The van der Waals surface area contributed by atoms with Crippen molar-refractivity contribution in [3.63, 3.8) is 0 Å². The van der Waals surface area contributed by atoms with Crippen molar-refractivity contribution < 1.29 is 19.0 Å². The Balaban J connectivity index is 1.64. The van der Waals surface area contributed by atoms with E-state index in [0.717, 1.165) is 22.2 Å². The smallest absolute Gasteiger partial charge is 0.268 e. The quantitative estimate of drug-likeness (QED) is 0.727. The lowest BCUT2D eigenvalue weighted by Gasteiger charge is -2.19. The molecular formula is C20H19ClN2O4. The van der Waals surface area contributed by atoms with Gasteiger partial charge in [0.15, 0.2) is 11.5 Å². The van der Waals surface area contributed by atoms with Crippen molar-refractivity contribution in [2.75, 3.05) is 20.8 Å². The van der Waals surface area contributed by atoms with Crippen LogP contribution in [0.2, 0.25) is 5.02 Å². The molecule has 3 aromatic rings. The number of nitrogens with one attached hydrogen (secondary N) is 1. The molecule has 1 aliphatic rings. The highest BCUT2D eigenvalue weighted by atomic mass is 35.5. The van der Waals surface area contributed by atoms with Gasteiger partial charge in [-0.1, -0.05) is 23.7 Å². The van der Waals surface area contributed by atoms with Crippen LogP contribution in [0.15, 0.2) is 36.4 Å². The van der Waals surface area contributed by atoms with Crippen LogP contribution in [0.5, 0.6) is 17.2 Å². The largest absolute Gasteiger partial charge is 0.493 e. The zero-order valence-corrected chi connectivity index (χ0v) is 15.8. The van der Waals surface area contributed by atoms with E-state index in [1.165, 1.54) is 0 Å². The Morgan fingerprint density at radius 2 is 2.11 bits per heavy atom. The number of hydrogen-bond acceptors (Lipinski definition) is 4. The van der Waals surface area contributed by atoms with Gasteiger partial charge in [0.05, 0.1) is 31.3 Å². The van der Waals surface area contributed by atoms with E-state index in [1.54, 1.807) is 20.3 Å². The van der Waals surface area contributed by atoms with Crippen molar-refractivity contribution in [2.45, 2.75) is 13.1 Å². The molecule has 2 heterocycles. The fourth-order valence-electron chi connectivity index (χ4n) is 3.46. The first kappa shape index (κ1) is 17.5. The summed E-state index contributed by atoms with van der Waals surface area (Å²) in [4.78, 5) is 12.9. The highest BCUT2D eigenvalue weighted by molar-refractivity contribution is 6.36. The van der Waals surface area contributed by atoms with E-state index in [9.17, 15) is 4.79 Å². The van der Waals surface area contributed by atoms with Gasteiger partial charge >= 0.3 is 0 Å². The molecule has 0 radical (unpaired) electrons. The molecule has 1 aliphatic heterocycles. The Morgan fingerprint density at radius 1 is 1.26 bits per heavy atom. The second-order valence-electron chi connectivity index (χ2n) is 6.17. The summed E-state index contributed by atoms with van der Waals surface area (Å²) in [6.07, 6.45) is 0. The van der Waals surface area contributed by atoms with E-state index in [-0.39, 0.29) is 5.91 Å². The number of carbonyl (C=O) groups is 1.